The van der Waals surface area contributed by atoms with Gasteiger partial charge in [0, 0.05) is 5.69 Å². The SMILES string of the molecule is CCOc1cc(/C=C2\SC(=S)N(c3ccc(C)cc3C)C2=O)ccc1OCC(=O)Nc1ccccc1. The van der Waals surface area contributed by atoms with E-state index in [9.17, 15) is 9.59 Å². The molecule has 0 radical (unpaired) electrons. The van der Waals surface area contributed by atoms with E-state index in [-0.39, 0.29) is 18.4 Å². The van der Waals surface area contributed by atoms with Crippen molar-refractivity contribution in [1.29, 1.82) is 0 Å². The first-order valence-electron chi connectivity index (χ1n) is 11.5. The largest absolute Gasteiger partial charge is 0.490 e. The van der Waals surface area contributed by atoms with Crippen LogP contribution < -0.4 is 19.7 Å². The third-order valence-corrected chi connectivity index (χ3v) is 6.67. The Morgan fingerprint density at radius 3 is 2.53 bits per heavy atom. The average molecular weight is 519 g/mol. The van der Waals surface area contributed by atoms with E-state index in [4.69, 9.17) is 21.7 Å². The molecule has 3 aromatic rings. The molecular formula is C28H26N2O4S2. The molecule has 2 amide bonds. The maximum atomic E-state index is 13.2. The van der Waals surface area contributed by atoms with Crippen molar-refractivity contribution in [2.24, 2.45) is 0 Å². The highest BCUT2D eigenvalue weighted by atomic mass is 32.2. The molecule has 0 aliphatic carbocycles. The van der Waals surface area contributed by atoms with Crippen LogP contribution in [0.3, 0.4) is 0 Å². The highest BCUT2D eigenvalue weighted by molar-refractivity contribution is 8.27. The first-order valence-corrected chi connectivity index (χ1v) is 12.7. The fourth-order valence-electron chi connectivity index (χ4n) is 3.75. The summed E-state index contributed by atoms with van der Waals surface area (Å²) in [5.41, 5.74) is 4.37. The summed E-state index contributed by atoms with van der Waals surface area (Å²) in [5.74, 6) is 0.499. The molecule has 1 saturated heterocycles. The molecule has 4 rings (SSSR count). The zero-order valence-electron chi connectivity index (χ0n) is 20.2. The van der Waals surface area contributed by atoms with E-state index in [0.29, 0.717) is 33.0 Å². The van der Waals surface area contributed by atoms with E-state index in [1.54, 1.807) is 35.2 Å². The fourth-order valence-corrected chi connectivity index (χ4v) is 5.03. The number of para-hydroxylation sites is 1. The first kappa shape index (κ1) is 25.5. The Bertz CT molecular complexity index is 1340. The summed E-state index contributed by atoms with van der Waals surface area (Å²) in [7, 11) is 0. The van der Waals surface area contributed by atoms with Gasteiger partial charge in [0.15, 0.2) is 22.4 Å². The summed E-state index contributed by atoms with van der Waals surface area (Å²) >= 11 is 6.79. The van der Waals surface area contributed by atoms with Gasteiger partial charge in [0.1, 0.15) is 0 Å². The fraction of sp³-hybridized carbons (Fsp3) is 0.179. The molecule has 1 aliphatic rings. The molecular weight excluding hydrogens is 492 g/mol. The summed E-state index contributed by atoms with van der Waals surface area (Å²) in [4.78, 5) is 27.6. The van der Waals surface area contributed by atoms with E-state index in [2.05, 4.69) is 5.32 Å². The van der Waals surface area contributed by atoms with Crippen LogP contribution in [0, 0.1) is 13.8 Å². The lowest BCUT2D eigenvalue weighted by molar-refractivity contribution is -0.118. The molecule has 36 heavy (non-hydrogen) atoms. The van der Waals surface area contributed by atoms with Crippen LogP contribution in [0.1, 0.15) is 23.6 Å². The number of anilines is 2. The smallest absolute Gasteiger partial charge is 0.270 e. The minimum atomic E-state index is -0.275. The van der Waals surface area contributed by atoms with Gasteiger partial charge in [0.2, 0.25) is 0 Å². The number of nitrogens with one attached hydrogen (secondary N) is 1. The second-order valence-corrected chi connectivity index (χ2v) is 9.82. The van der Waals surface area contributed by atoms with Crippen LogP contribution in [0.4, 0.5) is 11.4 Å². The minimum absolute atomic E-state index is 0.159. The lowest BCUT2D eigenvalue weighted by Gasteiger charge is -2.17. The summed E-state index contributed by atoms with van der Waals surface area (Å²) in [6.07, 6.45) is 1.79. The van der Waals surface area contributed by atoms with Gasteiger partial charge in [-0.05, 0) is 68.3 Å². The average Bonchev–Trinajstić information content (AvgIpc) is 3.12. The monoisotopic (exact) mass is 518 g/mol. The Morgan fingerprint density at radius 1 is 1.03 bits per heavy atom. The highest BCUT2D eigenvalue weighted by Gasteiger charge is 2.34. The number of hydrogen-bond donors (Lipinski definition) is 1. The van der Waals surface area contributed by atoms with Crippen molar-refractivity contribution in [1.82, 2.24) is 0 Å². The number of thioether (sulfide) groups is 1. The maximum Gasteiger partial charge on any atom is 0.270 e. The second kappa shape index (κ2) is 11.4. The Balaban J connectivity index is 1.50. The third-order valence-electron chi connectivity index (χ3n) is 5.37. The Hall–Kier alpha value is -3.62. The lowest BCUT2D eigenvalue weighted by Crippen LogP contribution is -2.28. The number of thiocarbonyl (C=S) groups is 1. The Kier molecular flexibility index (Phi) is 8.07. The van der Waals surface area contributed by atoms with Crippen LogP contribution in [-0.2, 0) is 9.59 Å². The molecule has 0 spiro atoms. The van der Waals surface area contributed by atoms with Crippen molar-refractivity contribution in [2.75, 3.05) is 23.4 Å². The standard InChI is InChI=1S/C28H26N2O4S2/c1-4-33-24-15-20(11-13-23(24)34-17-26(31)29-21-8-6-5-7-9-21)16-25-27(32)30(28(35)36-25)22-12-10-18(2)14-19(22)3/h5-16H,4,17H2,1-3H3,(H,29,31)/b25-16-. The van der Waals surface area contributed by atoms with Gasteiger partial charge in [-0.15, -0.1) is 0 Å². The number of aryl methyl sites for hydroxylation is 2. The van der Waals surface area contributed by atoms with Crippen LogP contribution in [0.15, 0.2) is 71.6 Å². The molecule has 184 valence electrons. The molecule has 6 nitrogen and oxygen atoms in total. The van der Waals surface area contributed by atoms with Gasteiger partial charge in [-0.25, -0.2) is 0 Å². The molecule has 0 atom stereocenters. The maximum absolute atomic E-state index is 13.2. The van der Waals surface area contributed by atoms with Crippen LogP contribution in [0.5, 0.6) is 11.5 Å². The zero-order chi connectivity index (χ0) is 25.7. The predicted octanol–water partition coefficient (Wildman–Crippen LogP) is 6.13. The molecule has 1 heterocycles. The van der Waals surface area contributed by atoms with Crippen LogP contribution in [0.25, 0.3) is 6.08 Å². The molecule has 1 fully saturated rings. The number of nitrogens with zero attached hydrogens (tertiary/aromatic N) is 1. The van der Waals surface area contributed by atoms with Crippen molar-refractivity contribution in [2.45, 2.75) is 20.8 Å². The van der Waals surface area contributed by atoms with Gasteiger partial charge in [-0.3, -0.25) is 14.5 Å². The van der Waals surface area contributed by atoms with E-state index in [1.807, 2.05) is 63.2 Å². The molecule has 0 saturated carbocycles. The predicted molar refractivity (Wildman–Crippen MR) is 150 cm³/mol. The molecule has 0 aromatic heterocycles. The Morgan fingerprint density at radius 2 is 1.81 bits per heavy atom. The number of hydrogen-bond acceptors (Lipinski definition) is 6. The molecule has 1 N–H and O–H groups in total. The number of rotatable bonds is 8. The quantitative estimate of drug-likeness (QED) is 0.286. The van der Waals surface area contributed by atoms with Gasteiger partial charge in [-0.1, -0.05) is 65.9 Å². The molecule has 0 bridgehead atoms. The Labute approximate surface area is 220 Å². The van der Waals surface area contributed by atoms with Gasteiger partial charge in [0.05, 0.1) is 17.2 Å². The van der Waals surface area contributed by atoms with Crippen molar-refractivity contribution >= 4 is 57.6 Å². The van der Waals surface area contributed by atoms with E-state index < -0.39 is 0 Å². The number of amides is 2. The number of carbonyl (C=O) groups is 2. The first-order chi connectivity index (χ1) is 17.4. The summed E-state index contributed by atoms with van der Waals surface area (Å²) < 4.78 is 12.0. The lowest BCUT2D eigenvalue weighted by atomic mass is 10.1. The molecule has 8 heteroatoms. The zero-order valence-corrected chi connectivity index (χ0v) is 21.9. The van der Waals surface area contributed by atoms with E-state index in [0.717, 1.165) is 22.4 Å². The third kappa shape index (κ3) is 5.95. The molecule has 3 aromatic carbocycles. The molecule has 1 aliphatic heterocycles. The van der Waals surface area contributed by atoms with Crippen molar-refractivity contribution in [3.8, 4) is 11.5 Å². The van der Waals surface area contributed by atoms with Crippen molar-refractivity contribution in [3.05, 3.63) is 88.3 Å². The van der Waals surface area contributed by atoms with Crippen LogP contribution >= 0.6 is 24.0 Å². The van der Waals surface area contributed by atoms with Gasteiger partial charge >= 0.3 is 0 Å². The van der Waals surface area contributed by atoms with E-state index >= 15 is 0 Å². The number of benzene rings is 3. The van der Waals surface area contributed by atoms with Gasteiger partial charge < -0.3 is 14.8 Å². The van der Waals surface area contributed by atoms with E-state index in [1.165, 1.54) is 11.8 Å². The summed E-state index contributed by atoms with van der Waals surface area (Å²) in [5, 5.41) is 2.79. The highest BCUT2D eigenvalue weighted by Crippen LogP contribution is 2.38. The van der Waals surface area contributed by atoms with Crippen molar-refractivity contribution < 1.29 is 19.1 Å². The number of carbonyl (C=O) groups excluding carboxylic acids is 2. The second-order valence-electron chi connectivity index (χ2n) is 8.15. The molecule has 0 unspecified atom stereocenters. The van der Waals surface area contributed by atoms with Crippen molar-refractivity contribution in [3.63, 3.8) is 0 Å². The van der Waals surface area contributed by atoms with Crippen LogP contribution in [0.2, 0.25) is 0 Å². The van der Waals surface area contributed by atoms with Crippen LogP contribution in [-0.4, -0.2) is 29.3 Å². The van der Waals surface area contributed by atoms with Gasteiger partial charge in [0.25, 0.3) is 11.8 Å². The minimum Gasteiger partial charge on any atom is -0.490 e. The normalized spacial score (nSPS) is 14.3. The van der Waals surface area contributed by atoms with Gasteiger partial charge in [-0.2, -0.15) is 0 Å². The summed E-state index contributed by atoms with van der Waals surface area (Å²) in [6.45, 7) is 6.11. The topological polar surface area (TPSA) is 67.9 Å². The summed E-state index contributed by atoms with van der Waals surface area (Å²) in [6, 6.07) is 20.4. The number of ether oxygens (including phenoxy) is 2.